The lowest BCUT2D eigenvalue weighted by Gasteiger charge is -2.25. The summed E-state index contributed by atoms with van der Waals surface area (Å²) in [6.07, 6.45) is 4.33. The molecule has 2 aliphatic heterocycles. The Bertz CT molecular complexity index is 615. The SMILES string of the molecule is CSc1cccc(NC(=O)[C@H]2[C@@H](C(=O)[O-])[C@H]3C=C[C@@H]2O3)c1. The van der Waals surface area contributed by atoms with Crippen LogP contribution < -0.4 is 10.4 Å². The van der Waals surface area contributed by atoms with Gasteiger partial charge in [0.1, 0.15) is 0 Å². The number of aliphatic carboxylic acids is 1. The first-order valence-corrected chi connectivity index (χ1v) is 7.82. The van der Waals surface area contributed by atoms with Gasteiger partial charge in [-0.3, -0.25) is 4.79 Å². The Morgan fingerprint density at radius 1 is 1.24 bits per heavy atom. The van der Waals surface area contributed by atoms with Crippen LogP contribution in [-0.4, -0.2) is 30.3 Å². The molecule has 0 unspecified atom stereocenters. The molecule has 21 heavy (non-hydrogen) atoms. The zero-order valence-corrected chi connectivity index (χ0v) is 12.1. The van der Waals surface area contributed by atoms with Gasteiger partial charge in [0, 0.05) is 22.5 Å². The van der Waals surface area contributed by atoms with Gasteiger partial charge in [-0.1, -0.05) is 18.2 Å². The highest BCUT2D eigenvalue weighted by molar-refractivity contribution is 7.98. The number of carbonyl (C=O) groups excluding carboxylic acids is 2. The lowest BCUT2D eigenvalue weighted by Crippen LogP contribution is -2.45. The molecule has 0 saturated carbocycles. The van der Waals surface area contributed by atoms with Crippen LogP contribution in [0.4, 0.5) is 5.69 Å². The van der Waals surface area contributed by atoms with Crippen molar-refractivity contribution in [2.75, 3.05) is 11.6 Å². The third-order valence-corrected chi connectivity index (χ3v) is 4.54. The van der Waals surface area contributed by atoms with Crippen LogP contribution in [0.15, 0.2) is 41.3 Å². The number of nitrogens with one attached hydrogen (secondary N) is 1. The first kappa shape index (κ1) is 14.2. The maximum Gasteiger partial charge on any atom is 0.231 e. The molecular weight excluding hydrogens is 290 g/mol. The molecule has 0 aromatic heterocycles. The largest absolute Gasteiger partial charge is 0.550 e. The van der Waals surface area contributed by atoms with E-state index in [9.17, 15) is 14.7 Å². The Hall–Kier alpha value is -1.79. The molecule has 5 nitrogen and oxygen atoms in total. The van der Waals surface area contributed by atoms with Gasteiger partial charge in [0.15, 0.2) is 0 Å². The average molecular weight is 304 g/mol. The summed E-state index contributed by atoms with van der Waals surface area (Å²) in [6, 6.07) is 7.40. The molecule has 1 saturated heterocycles. The molecule has 1 fully saturated rings. The van der Waals surface area contributed by atoms with E-state index in [1.165, 1.54) is 0 Å². The molecule has 0 radical (unpaired) electrons. The fourth-order valence-electron chi connectivity index (χ4n) is 2.83. The van der Waals surface area contributed by atoms with Crippen LogP contribution in [0.5, 0.6) is 0 Å². The van der Waals surface area contributed by atoms with E-state index in [-0.39, 0.29) is 5.91 Å². The van der Waals surface area contributed by atoms with E-state index in [0.717, 1.165) is 4.90 Å². The first-order chi connectivity index (χ1) is 10.1. The van der Waals surface area contributed by atoms with Crippen molar-refractivity contribution in [1.29, 1.82) is 0 Å². The minimum absolute atomic E-state index is 0.348. The number of fused-ring (bicyclic) bond motifs is 2. The van der Waals surface area contributed by atoms with Gasteiger partial charge in [-0.05, 0) is 24.5 Å². The third-order valence-electron chi connectivity index (χ3n) is 3.81. The van der Waals surface area contributed by atoms with E-state index < -0.39 is 30.0 Å². The van der Waals surface area contributed by atoms with Crippen molar-refractivity contribution in [3.63, 3.8) is 0 Å². The summed E-state index contributed by atoms with van der Waals surface area (Å²) >= 11 is 1.57. The molecule has 110 valence electrons. The Morgan fingerprint density at radius 3 is 2.62 bits per heavy atom. The predicted molar refractivity (Wildman–Crippen MR) is 76.6 cm³/mol. The van der Waals surface area contributed by atoms with Gasteiger partial charge in [-0.15, -0.1) is 11.8 Å². The Balaban J connectivity index is 1.78. The van der Waals surface area contributed by atoms with Crippen molar-refractivity contribution < 1.29 is 19.4 Å². The Kier molecular flexibility index (Phi) is 3.73. The summed E-state index contributed by atoms with van der Waals surface area (Å²) in [5.41, 5.74) is 0.649. The van der Waals surface area contributed by atoms with E-state index in [0.29, 0.717) is 5.69 Å². The van der Waals surface area contributed by atoms with E-state index in [1.807, 2.05) is 24.5 Å². The molecular formula is C15H14NO4S-. The molecule has 2 aliphatic rings. The Morgan fingerprint density at radius 2 is 1.95 bits per heavy atom. The van der Waals surface area contributed by atoms with Gasteiger partial charge < -0.3 is 20.0 Å². The summed E-state index contributed by atoms with van der Waals surface area (Å²) in [7, 11) is 0. The second kappa shape index (κ2) is 5.54. The highest BCUT2D eigenvalue weighted by atomic mass is 32.2. The predicted octanol–water partition coefficient (Wildman–Crippen LogP) is 0.666. The zero-order valence-electron chi connectivity index (χ0n) is 11.3. The number of rotatable bonds is 4. The van der Waals surface area contributed by atoms with Crippen LogP contribution in [-0.2, 0) is 14.3 Å². The summed E-state index contributed by atoms with van der Waals surface area (Å²) in [6.45, 7) is 0. The number of hydrogen-bond donors (Lipinski definition) is 1. The van der Waals surface area contributed by atoms with Crippen LogP contribution in [0.3, 0.4) is 0 Å². The van der Waals surface area contributed by atoms with Crippen molar-refractivity contribution >= 4 is 29.3 Å². The van der Waals surface area contributed by atoms with E-state index in [4.69, 9.17) is 4.74 Å². The van der Waals surface area contributed by atoms with E-state index in [2.05, 4.69) is 5.32 Å². The smallest absolute Gasteiger partial charge is 0.231 e. The van der Waals surface area contributed by atoms with Gasteiger partial charge in [0.2, 0.25) is 5.91 Å². The highest BCUT2D eigenvalue weighted by Gasteiger charge is 2.50. The number of amides is 1. The number of benzene rings is 1. The lowest BCUT2D eigenvalue weighted by atomic mass is 9.82. The summed E-state index contributed by atoms with van der Waals surface area (Å²) in [5, 5.41) is 14.0. The monoisotopic (exact) mass is 304 g/mol. The average Bonchev–Trinajstić information content (AvgIpc) is 3.07. The van der Waals surface area contributed by atoms with Gasteiger partial charge in [0.25, 0.3) is 0 Å². The topological polar surface area (TPSA) is 78.5 Å². The molecule has 0 aliphatic carbocycles. The first-order valence-electron chi connectivity index (χ1n) is 6.59. The van der Waals surface area contributed by atoms with Gasteiger partial charge in [0.05, 0.1) is 18.1 Å². The number of carbonyl (C=O) groups is 2. The standard InChI is InChI=1S/C15H15NO4S/c1-21-9-4-2-3-8(7-9)16-14(17)12-10-5-6-11(20-10)13(12)15(18)19/h2-7,10-13H,1H3,(H,16,17)(H,18,19)/p-1/t10-,11+,12+,13-/m0/s1. The van der Waals surface area contributed by atoms with Crippen molar-refractivity contribution in [2.45, 2.75) is 17.1 Å². The number of carboxylic acids is 1. The molecule has 1 N–H and O–H groups in total. The van der Waals surface area contributed by atoms with Gasteiger partial charge in [-0.2, -0.15) is 0 Å². The number of anilines is 1. The molecule has 1 amide bonds. The molecule has 1 aromatic rings. The minimum atomic E-state index is -1.25. The second-order valence-corrected chi connectivity index (χ2v) is 5.92. The second-order valence-electron chi connectivity index (χ2n) is 5.04. The Labute approximate surface area is 126 Å². The number of hydrogen-bond acceptors (Lipinski definition) is 5. The van der Waals surface area contributed by atoms with Gasteiger partial charge >= 0.3 is 0 Å². The summed E-state index contributed by atoms with van der Waals surface area (Å²) < 4.78 is 5.47. The highest BCUT2D eigenvalue weighted by Crippen LogP contribution is 2.39. The molecule has 0 spiro atoms. The van der Waals surface area contributed by atoms with Crippen LogP contribution in [0.1, 0.15) is 0 Å². The number of carboxylic acid groups (broad SMARTS) is 1. The van der Waals surface area contributed by atoms with Crippen LogP contribution >= 0.6 is 11.8 Å². The van der Waals surface area contributed by atoms with Crippen LogP contribution in [0.25, 0.3) is 0 Å². The van der Waals surface area contributed by atoms with E-state index in [1.54, 1.807) is 30.0 Å². The molecule has 1 aromatic carbocycles. The molecule has 4 atom stereocenters. The fourth-order valence-corrected chi connectivity index (χ4v) is 3.29. The zero-order chi connectivity index (χ0) is 15.0. The van der Waals surface area contributed by atoms with Crippen molar-refractivity contribution in [3.05, 3.63) is 36.4 Å². The lowest BCUT2D eigenvalue weighted by molar-refractivity contribution is -0.313. The summed E-state index contributed by atoms with van der Waals surface area (Å²) in [5.74, 6) is -3.27. The quantitative estimate of drug-likeness (QED) is 0.653. The molecule has 3 rings (SSSR count). The molecule has 2 bridgehead atoms. The normalized spacial score (nSPS) is 29.6. The van der Waals surface area contributed by atoms with Crippen molar-refractivity contribution in [3.8, 4) is 0 Å². The third kappa shape index (κ3) is 2.56. The minimum Gasteiger partial charge on any atom is -0.550 e. The van der Waals surface area contributed by atoms with Gasteiger partial charge in [-0.25, -0.2) is 0 Å². The maximum atomic E-state index is 12.4. The maximum absolute atomic E-state index is 12.4. The van der Waals surface area contributed by atoms with Crippen LogP contribution in [0.2, 0.25) is 0 Å². The van der Waals surface area contributed by atoms with Crippen molar-refractivity contribution in [2.24, 2.45) is 11.8 Å². The molecule has 2 heterocycles. The van der Waals surface area contributed by atoms with Crippen LogP contribution in [0, 0.1) is 11.8 Å². The molecule has 6 heteroatoms. The van der Waals surface area contributed by atoms with Crippen molar-refractivity contribution in [1.82, 2.24) is 0 Å². The number of thioether (sulfide) groups is 1. The fraction of sp³-hybridized carbons (Fsp3) is 0.333. The number of ether oxygens (including phenoxy) is 1. The van der Waals surface area contributed by atoms with E-state index >= 15 is 0 Å². The summed E-state index contributed by atoms with van der Waals surface area (Å²) in [4.78, 5) is 24.7.